The monoisotopic (exact) mass is 579 g/mol. The molecule has 0 spiro atoms. The van der Waals surface area contributed by atoms with Gasteiger partial charge in [0.05, 0.1) is 0 Å². The third-order valence-corrected chi connectivity index (χ3v) is 9.79. The van der Waals surface area contributed by atoms with Crippen molar-refractivity contribution in [2.75, 3.05) is 4.90 Å². The maximum absolute atomic E-state index is 9.19. The van der Waals surface area contributed by atoms with Gasteiger partial charge in [-0.3, -0.25) is 0 Å². The lowest BCUT2D eigenvalue weighted by Crippen LogP contribution is -2.09. The minimum Gasteiger partial charge on any atom is -0.311 e. The van der Waals surface area contributed by atoms with E-state index in [-0.39, 0.29) is 5.57 Å². The van der Waals surface area contributed by atoms with Crippen molar-refractivity contribution in [2.45, 2.75) is 33.1 Å². The van der Waals surface area contributed by atoms with Crippen LogP contribution in [0.3, 0.4) is 0 Å². The van der Waals surface area contributed by atoms with Gasteiger partial charge >= 0.3 is 0 Å². The average molecular weight is 580 g/mol. The summed E-state index contributed by atoms with van der Waals surface area (Å²) in [6, 6.07) is 38.3. The van der Waals surface area contributed by atoms with E-state index in [4.69, 9.17) is 0 Å². The van der Waals surface area contributed by atoms with E-state index >= 15 is 0 Å². The molecule has 0 unspecified atom stereocenters. The van der Waals surface area contributed by atoms with Crippen LogP contribution < -0.4 is 4.90 Å². The summed E-state index contributed by atoms with van der Waals surface area (Å²) in [5, 5.41) is 18.4. The van der Waals surface area contributed by atoms with E-state index in [1.165, 1.54) is 42.5 Å². The molecule has 0 atom stereocenters. The maximum atomic E-state index is 9.19. The molecule has 3 aromatic carbocycles. The summed E-state index contributed by atoms with van der Waals surface area (Å²) in [5.41, 5.74) is 10.2. The summed E-state index contributed by atoms with van der Waals surface area (Å²) in [6.45, 7) is 4.37. The molecule has 1 aliphatic carbocycles. The van der Waals surface area contributed by atoms with E-state index in [2.05, 4.69) is 104 Å². The number of para-hydroxylation sites is 2. The Labute approximate surface area is 255 Å². The fraction of sp³-hybridized carbons (Fsp3) is 0.135. The molecule has 0 radical (unpaired) electrons. The van der Waals surface area contributed by atoms with Crippen molar-refractivity contribution in [1.29, 1.82) is 10.5 Å². The van der Waals surface area contributed by atoms with Crippen molar-refractivity contribution in [1.82, 2.24) is 0 Å². The smallest absolute Gasteiger partial charge is 0.131 e. The van der Waals surface area contributed by atoms with Gasteiger partial charge in [0, 0.05) is 36.6 Å². The fourth-order valence-corrected chi connectivity index (χ4v) is 7.80. The number of nitrogens with zero attached hydrogens (tertiary/aromatic N) is 3. The van der Waals surface area contributed by atoms with Crippen LogP contribution in [0.2, 0.25) is 0 Å². The van der Waals surface area contributed by atoms with Crippen molar-refractivity contribution < 1.29 is 0 Å². The normalized spacial score (nSPS) is 12.6. The van der Waals surface area contributed by atoms with Crippen LogP contribution in [0.5, 0.6) is 0 Å². The number of aryl methyl sites for hydroxylation is 2. The van der Waals surface area contributed by atoms with Crippen molar-refractivity contribution in [3.8, 4) is 22.6 Å². The molecule has 0 amide bonds. The Bertz CT molecular complexity index is 1820. The molecule has 5 aromatic rings. The molecule has 42 heavy (non-hydrogen) atoms. The Morgan fingerprint density at radius 2 is 1.21 bits per heavy atom. The van der Waals surface area contributed by atoms with E-state index in [0.717, 1.165) is 41.2 Å². The number of benzene rings is 3. The number of anilines is 3. The lowest BCUT2D eigenvalue weighted by Gasteiger charge is -2.25. The Hall–Kier alpha value is -4.68. The highest BCUT2D eigenvalue weighted by Gasteiger charge is 2.23. The summed E-state index contributed by atoms with van der Waals surface area (Å²) in [7, 11) is 0. The SMILES string of the molecule is Cc1sc(C=C(C#N)C#N)cc1C1=C(c2cc(-c3ccc(N(c4ccccc4)c4ccccc4)cc3)sc2C)CCC1. The number of hydrogen-bond acceptors (Lipinski definition) is 5. The molecule has 0 bridgehead atoms. The summed E-state index contributed by atoms with van der Waals surface area (Å²) in [6.07, 6.45) is 4.95. The Balaban J connectivity index is 1.33. The first-order chi connectivity index (χ1) is 20.6. The molecule has 5 heteroatoms. The molecule has 2 heterocycles. The Morgan fingerprint density at radius 3 is 1.79 bits per heavy atom. The molecule has 0 aliphatic heterocycles. The first-order valence-electron chi connectivity index (χ1n) is 14.0. The van der Waals surface area contributed by atoms with Gasteiger partial charge in [0.2, 0.25) is 0 Å². The zero-order valence-electron chi connectivity index (χ0n) is 23.6. The van der Waals surface area contributed by atoms with Crippen molar-refractivity contribution >= 4 is 57.0 Å². The molecule has 6 rings (SSSR count). The number of hydrogen-bond donors (Lipinski definition) is 0. The summed E-state index contributed by atoms with van der Waals surface area (Å²) in [5.74, 6) is 0. The second-order valence-corrected chi connectivity index (χ2v) is 12.9. The molecule has 2 aromatic heterocycles. The number of rotatable bonds is 7. The van der Waals surface area contributed by atoms with Crippen LogP contribution in [-0.2, 0) is 0 Å². The third-order valence-electron chi connectivity index (χ3n) is 7.69. The van der Waals surface area contributed by atoms with Crippen molar-refractivity contribution in [3.05, 3.63) is 128 Å². The highest BCUT2D eigenvalue weighted by atomic mass is 32.1. The first-order valence-corrected chi connectivity index (χ1v) is 15.6. The van der Waals surface area contributed by atoms with Crippen LogP contribution in [-0.4, -0.2) is 0 Å². The van der Waals surface area contributed by atoms with Gasteiger partial charge in [-0.05, 0) is 116 Å². The van der Waals surface area contributed by atoms with Gasteiger partial charge in [-0.25, -0.2) is 0 Å². The molecular formula is C37H29N3S2. The maximum Gasteiger partial charge on any atom is 0.131 e. The van der Waals surface area contributed by atoms with E-state index in [1.807, 2.05) is 35.6 Å². The molecule has 0 saturated heterocycles. The van der Waals surface area contributed by atoms with Crippen LogP contribution in [0.15, 0.2) is 103 Å². The van der Waals surface area contributed by atoms with Crippen LogP contribution in [0, 0.1) is 36.5 Å². The number of nitriles is 2. The summed E-state index contributed by atoms with van der Waals surface area (Å²) < 4.78 is 0. The quantitative estimate of drug-likeness (QED) is 0.180. The molecule has 204 valence electrons. The van der Waals surface area contributed by atoms with Crippen molar-refractivity contribution in [3.63, 3.8) is 0 Å². The molecule has 0 fully saturated rings. The topological polar surface area (TPSA) is 50.8 Å². The highest BCUT2D eigenvalue weighted by Crippen LogP contribution is 2.46. The van der Waals surface area contributed by atoms with Gasteiger partial charge in [0.1, 0.15) is 17.7 Å². The Kier molecular flexibility index (Phi) is 7.89. The lowest BCUT2D eigenvalue weighted by atomic mass is 9.97. The van der Waals surface area contributed by atoms with Crippen LogP contribution in [0.25, 0.3) is 27.7 Å². The van der Waals surface area contributed by atoms with Gasteiger partial charge in [-0.15, -0.1) is 22.7 Å². The van der Waals surface area contributed by atoms with E-state index in [0.29, 0.717) is 0 Å². The lowest BCUT2D eigenvalue weighted by molar-refractivity contribution is 0.941. The fourth-order valence-electron chi connectivity index (χ4n) is 5.75. The molecule has 1 aliphatic rings. The average Bonchev–Trinajstić information content (AvgIpc) is 3.75. The summed E-state index contributed by atoms with van der Waals surface area (Å²) >= 11 is 3.51. The van der Waals surface area contributed by atoms with Gasteiger partial charge in [-0.1, -0.05) is 48.5 Å². The second-order valence-electron chi connectivity index (χ2n) is 10.3. The standard InChI is InChI=1S/C37H29N3S2/c1-25-35(21-32(41-25)20-27(23-38)24-39)33-14-9-15-34(33)36-22-37(42-26(36)2)28-16-18-31(19-17-28)40(29-10-5-3-6-11-29)30-12-7-4-8-13-30/h3-8,10-13,16-22H,9,14-15H2,1-2H3. The number of allylic oxidation sites excluding steroid dienone is 3. The van der Waals surface area contributed by atoms with E-state index in [1.54, 1.807) is 17.4 Å². The molecule has 0 saturated carbocycles. The zero-order chi connectivity index (χ0) is 29.1. The van der Waals surface area contributed by atoms with Crippen LogP contribution in [0.4, 0.5) is 17.1 Å². The minimum absolute atomic E-state index is 0.142. The van der Waals surface area contributed by atoms with E-state index < -0.39 is 0 Å². The summed E-state index contributed by atoms with van der Waals surface area (Å²) in [4.78, 5) is 7.09. The molecule has 0 N–H and O–H groups in total. The van der Waals surface area contributed by atoms with Gasteiger partial charge in [0.15, 0.2) is 0 Å². The van der Waals surface area contributed by atoms with Crippen LogP contribution in [0.1, 0.15) is 45.0 Å². The highest BCUT2D eigenvalue weighted by molar-refractivity contribution is 7.15. The Morgan fingerprint density at radius 1 is 0.690 bits per heavy atom. The molecular weight excluding hydrogens is 551 g/mol. The second kappa shape index (κ2) is 12.0. The van der Waals surface area contributed by atoms with Crippen LogP contribution >= 0.6 is 22.7 Å². The van der Waals surface area contributed by atoms with Gasteiger partial charge < -0.3 is 4.90 Å². The zero-order valence-corrected chi connectivity index (χ0v) is 25.2. The van der Waals surface area contributed by atoms with Crippen molar-refractivity contribution in [2.24, 2.45) is 0 Å². The van der Waals surface area contributed by atoms with E-state index in [9.17, 15) is 10.5 Å². The predicted molar refractivity (Wildman–Crippen MR) is 178 cm³/mol. The third kappa shape index (κ3) is 5.46. The predicted octanol–water partition coefficient (Wildman–Crippen LogP) is 11.1. The molecule has 3 nitrogen and oxygen atoms in total. The van der Waals surface area contributed by atoms with Gasteiger partial charge in [0.25, 0.3) is 0 Å². The first kappa shape index (κ1) is 27.5. The largest absolute Gasteiger partial charge is 0.311 e. The van der Waals surface area contributed by atoms with Gasteiger partial charge in [-0.2, -0.15) is 10.5 Å². The minimum atomic E-state index is 0.142. The number of thiophene rings is 2.